The van der Waals surface area contributed by atoms with E-state index in [1.54, 1.807) is 0 Å². The first-order valence-electron chi connectivity index (χ1n) is 0.700. The van der Waals surface area contributed by atoms with Crippen LogP contribution in [-0.2, 0) is 37.1 Å². The van der Waals surface area contributed by atoms with E-state index in [1.165, 1.54) is 0 Å². The van der Waals surface area contributed by atoms with Crippen molar-refractivity contribution in [3.63, 3.8) is 0 Å². The van der Waals surface area contributed by atoms with Crippen LogP contribution in [0.25, 0.3) is 0 Å². The van der Waals surface area contributed by atoms with Gasteiger partial charge in [-0.05, 0) is 0 Å². The van der Waals surface area contributed by atoms with E-state index in [4.69, 9.17) is 42.1 Å². The summed E-state index contributed by atoms with van der Waals surface area (Å²) in [6, 6.07) is 0. The van der Waals surface area contributed by atoms with E-state index >= 15 is 0 Å². The summed E-state index contributed by atoms with van der Waals surface area (Å²) in [7, 11) is 0. The molecule has 0 aliphatic heterocycles. The van der Waals surface area contributed by atoms with Crippen LogP contribution < -0.4 is 31.5 Å². The minimum absolute atomic E-state index is 0. The van der Waals surface area contributed by atoms with Crippen LogP contribution in [0.1, 0.15) is 0 Å². The molecule has 0 aromatic carbocycles. The predicted molar refractivity (Wildman–Crippen MR) is 22.5 cm³/mol. The van der Waals surface area contributed by atoms with Crippen molar-refractivity contribution in [2.24, 2.45) is 0 Å². The first kappa shape index (κ1) is 72.5. The molecule has 0 unspecified atom stereocenters. The molecular formula is H2Mg3O8V2. The van der Waals surface area contributed by atoms with Gasteiger partial charge in [-0.25, -0.2) is 0 Å². The number of hydrogen-bond donors (Lipinski definition) is 2. The molecule has 0 aromatic heterocycles. The molecule has 0 spiro atoms. The Morgan fingerprint density at radius 1 is 0.462 bits per heavy atom. The summed E-state index contributed by atoms with van der Waals surface area (Å²) in [5, 5.41) is 54.0. The van der Waals surface area contributed by atoms with Crippen molar-refractivity contribution in [3.8, 4) is 0 Å². The second-order valence-corrected chi connectivity index (χ2v) is 0. The summed E-state index contributed by atoms with van der Waals surface area (Å²) in [4.78, 5) is 0. The molecule has 0 aromatic rings. The normalized spacial score (nSPS) is 1.85. The molecule has 66 valence electrons. The second kappa shape index (κ2) is 306. The molecule has 0 heterocycles. The van der Waals surface area contributed by atoms with E-state index in [0.717, 1.165) is 0 Å². The minimum atomic E-state index is 0. The quantitative estimate of drug-likeness (QED) is 0.251. The van der Waals surface area contributed by atoms with Crippen LogP contribution in [-0.4, -0.2) is 79.7 Å². The first-order valence-corrected chi connectivity index (χ1v) is 0.700. The van der Waals surface area contributed by atoms with Crippen molar-refractivity contribution in [2.75, 3.05) is 0 Å². The molecule has 0 rings (SSSR count). The van der Waals surface area contributed by atoms with Gasteiger partial charge in [-0.15, -0.1) is 0 Å². The largest absolute Gasteiger partial charge is 2.00 e. The SMILES string of the molecule is OO.[Mg+2].[Mg+2].[Mg+2].[O-][O-].[O-][O-].[O-][O-].[V].[V]. The van der Waals surface area contributed by atoms with Crippen molar-refractivity contribution >= 4 is 69.2 Å². The Morgan fingerprint density at radius 3 is 0.462 bits per heavy atom. The second-order valence-electron chi connectivity index (χ2n) is 0. The van der Waals surface area contributed by atoms with Crippen LogP contribution in [0.4, 0.5) is 0 Å². The van der Waals surface area contributed by atoms with E-state index < -0.39 is 0 Å². The van der Waals surface area contributed by atoms with Gasteiger partial charge in [-0.2, -0.15) is 0 Å². The van der Waals surface area contributed by atoms with Crippen molar-refractivity contribution in [3.05, 3.63) is 0 Å². The smallest absolute Gasteiger partial charge is 1.00 e. The van der Waals surface area contributed by atoms with Crippen LogP contribution in [0.5, 0.6) is 0 Å². The fourth-order valence-electron chi connectivity index (χ4n) is 0. The number of rotatable bonds is 0. The van der Waals surface area contributed by atoms with Gasteiger partial charge in [-0.1, -0.05) is 0 Å². The molecule has 2 N–H and O–H groups in total. The average molecular weight is 305 g/mol. The van der Waals surface area contributed by atoms with Gasteiger partial charge in [0, 0.05) is 37.1 Å². The molecule has 0 fully saturated rings. The third kappa shape index (κ3) is 264. The van der Waals surface area contributed by atoms with Gasteiger partial charge in [0.2, 0.25) is 0 Å². The Labute approximate surface area is 146 Å². The average Bonchev–Trinajstić information content (AvgIpc) is 2.03. The molecule has 0 saturated carbocycles. The van der Waals surface area contributed by atoms with Crippen LogP contribution in [0.2, 0.25) is 0 Å². The van der Waals surface area contributed by atoms with E-state index in [2.05, 4.69) is 0 Å². The zero-order chi connectivity index (χ0) is 8.00. The molecule has 0 bridgehead atoms. The van der Waals surface area contributed by atoms with Crippen molar-refractivity contribution in [1.82, 2.24) is 0 Å². The van der Waals surface area contributed by atoms with Crippen molar-refractivity contribution in [1.29, 1.82) is 0 Å². The molecule has 0 atom stereocenters. The molecule has 13 heteroatoms. The summed E-state index contributed by atoms with van der Waals surface area (Å²) in [6.45, 7) is 0. The fraction of sp³-hybridized carbons (Fsp3) is 0. The zero-order valence-electron chi connectivity index (χ0n) is 6.36. The monoisotopic (exact) mass is 304 g/mol. The van der Waals surface area contributed by atoms with E-state index in [1.807, 2.05) is 0 Å². The first-order chi connectivity index (χ1) is 4.00. The maximum Gasteiger partial charge on any atom is 2.00 e. The Hall–Kier alpha value is 3.15. The van der Waals surface area contributed by atoms with E-state index in [0.29, 0.717) is 0 Å². The van der Waals surface area contributed by atoms with Gasteiger partial charge >= 0.3 is 69.2 Å². The molecule has 13 heavy (non-hydrogen) atoms. The van der Waals surface area contributed by atoms with Gasteiger partial charge < -0.3 is 31.5 Å². The summed E-state index contributed by atoms with van der Waals surface area (Å²) < 4.78 is 0. The van der Waals surface area contributed by atoms with Crippen LogP contribution in [0, 0.1) is 0 Å². The molecule has 2 radical (unpaired) electrons. The van der Waals surface area contributed by atoms with Crippen molar-refractivity contribution < 1.29 is 79.2 Å². The predicted octanol–water partition coefficient (Wildman–Crippen LogP) is -8.26. The summed E-state index contributed by atoms with van der Waals surface area (Å²) >= 11 is 0. The molecule has 8 nitrogen and oxygen atoms in total. The third-order valence-corrected chi connectivity index (χ3v) is 0. The topological polar surface area (TPSA) is 179 Å². The third-order valence-electron chi connectivity index (χ3n) is 0. The van der Waals surface area contributed by atoms with Crippen LogP contribution >= 0.6 is 0 Å². The summed E-state index contributed by atoms with van der Waals surface area (Å²) in [5.74, 6) is 0. The zero-order valence-corrected chi connectivity index (χ0v) is 13.4. The molecule has 0 saturated heterocycles. The molecule has 0 aliphatic rings. The van der Waals surface area contributed by atoms with Crippen molar-refractivity contribution in [2.45, 2.75) is 0 Å². The Kier molecular flexibility index (Phi) is 1710. The Morgan fingerprint density at radius 2 is 0.462 bits per heavy atom. The summed E-state index contributed by atoms with van der Waals surface area (Å²) in [5.41, 5.74) is 0. The molecule has 0 aliphatic carbocycles. The molecular weight excluding hydrogens is 303 g/mol. The van der Waals surface area contributed by atoms with Gasteiger partial charge in [-0.3, -0.25) is 10.5 Å². The van der Waals surface area contributed by atoms with Gasteiger partial charge in [0.05, 0.1) is 0 Å². The summed E-state index contributed by atoms with van der Waals surface area (Å²) in [6.07, 6.45) is 0. The van der Waals surface area contributed by atoms with Gasteiger partial charge in [0.25, 0.3) is 0 Å². The van der Waals surface area contributed by atoms with Crippen LogP contribution in [0.3, 0.4) is 0 Å². The maximum absolute atomic E-state index is 7.00. The minimum Gasteiger partial charge on any atom is -1.00 e. The van der Waals surface area contributed by atoms with E-state index in [-0.39, 0.29) is 106 Å². The standard InChI is InChI=1S/3Mg.H2O2.3O2.2V/c;;;4*1-2;;/h;;;1-2H;;;;;/q3*+2;;3*-2;;. The molecule has 0 amide bonds. The fourth-order valence-corrected chi connectivity index (χ4v) is 0. The van der Waals surface area contributed by atoms with Crippen LogP contribution in [0.15, 0.2) is 0 Å². The van der Waals surface area contributed by atoms with Gasteiger partial charge in [0.1, 0.15) is 0 Å². The van der Waals surface area contributed by atoms with E-state index in [9.17, 15) is 0 Å². The maximum atomic E-state index is 7.00. The Balaban J connectivity index is -0.00000000208. The Bertz CT molecular complexity index is 17.4. The van der Waals surface area contributed by atoms with Gasteiger partial charge in [0.15, 0.2) is 0 Å². The number of hydrogen-bond acceptors (Lipinski definition) is 8.